The molecule has 8 rings (SSSR count). The van der Waals surface area contributed by atoms with Gasteiger partial charge >= 0.3 is 0 Å². The van der Waals surface area contributed by atoms with Crippen LogP contribution in [0.1, 0.15) is 33.4 Å². The molecule has 8 nitrogen and oxygen atoms in total. The van der Waals surface area contributed by atoms with Gasteiger partial charge in [0.2, 0.25) is 0 Å². The molecule has 0 amide bonds. The third-order valence-corrected chi connectivity index (χ3v) is 9.34. The standard InChI is InChI=1S/C22H19N3O2.C22H21N3/c1-14-12-15(2)21(16(3)13-14)24-20-7-5-4-6-19(20)23-22(24)17-8-10-18(11-9-17)25(26)27;1-14-12-15(2)21(16(3)13-14)25-20-7-5-4-6-19(20)24-22(25)17-8-10-18(23)11-9-17/h4-13H,1-3H3;4-13H,23H2,1-3H3. The van der Waals surface area contributed by atoms with Gasteiger partial charge in [0, 0.05) is 28.9 Å². The Hall–Kier alpha value is -6.54. The molecule has 0 atom stereocenters. The van der Waals surface area contributed by atoms with E-state index >= 15 is 0 Å². The average Bonchev–Trinajstić information content (AvgIpc) is 3.68. The molecule has 6 aromatic carbocycles. The lowest BCUT2D eigenvalue weighted by Gasteiger charge is -2.16. The van der Waals surface area contributed by atoms with Crippen molar-refractivity contribution in [1.82, 2.24) is 19.1 Å². The van der Waals surface area contributed by atoms with Gasteiger partial charge < -0.3 is 5.73 Å². The van der Waals surface area contributed by atoms with E-state index in [1.54, 1.807) is 12.1 Å². The molecule has 2 N–H and O–H groups in total. The number of hydrogen-bond acceptors (Lipinski definition) is 5. The van der Waals surface area contributed by atoms with Gasteiger partial charge in [-0.3, -0.25) is 19.2 Å². The van der Waals surface area contributed by atoms with E-state index in [0.717, 1.165) is 56.2 Å². The number of para-hydroxylation sites is 4. The predicted molar refractivity (Wildman–Crippen MR) is 213 cm³/mol. The van der Waals surface area contributed by atoms with Gasteiger partial charge in [-0.15, -0.1) is 0 Å². The maximum absolute atomic E-state index is 11.0. The third-order valence-electron chi connectivity index (χ3n) is 9.34. The predicted octanol–water partition coefficient (Wildman–Crippen LogP) is 10.7. The van der Waals surface area contributed by atoms with Crippen LogP contribution in [0, 0.1) is 51.7 Å². The van der Waals surface area contributed by atoms with Crippen molar-refractivity contribution in [1.29, 1.82) is 0 Å². The van der Waals surface area contributed by atoms with Crippen molar-refractivity contribution in [2.45, 2.75) is 41.5 Å². The lowest BCUT2D eigenvalue weighted by molar-refractivity contribution is -0.384. The molecule has 2 aromatic heterocycles. The van der Waals surface area contributed by atoms with Crippen molar-refractivity contribution in [3.8, 4) is 34.2 Å². The topological polar surface area (TPSA) is 105 Å². The quantitative estimate of drug-likeness (QED) is 0.110. The first-order valence-corrected chi connectivity index (χ1v) is 17.2. The lowest BCUT2D eigenvalue weighted by Crippen LogP contribution is -2.03. The Bertz CT molecular complexity index is 2570. The number of benzene rings is 6. The fourth-order valence-electron chi connectivity index (χ4n) is 7.31. The summed E-state index contributed by atoms with van der Waals surface area (Å²) in [6.07, 6.45) is 0. The number of aryl methyl sites for hydroxylation is 6. The largest absolute Gasteiger partial charge is 0.399 e. The first-order valence-electron chi connectivity index (χ1n) is 17.2. The van der Waals surface area contributed by atoms with Gasteiger partial charge in [0.25, 0.3) is 5.69 Å². The van der Waals surface area contributed by atoms with Crippen molar-refractivity contribution < 1.29 is 4.92 Å². The molecule has 0 saturated carbocycles. The SMILES string of the molecule is Cc1cc(C)c(-n2c(-c3ccc(N)cc3)nc3ccccc32)c(C)c1.Cc1cc(C)c(-n2c(-c3ccc([N+](=O)[O-])cc3)nc3ccccc32)c(C)c1. The van der Waals surface area contributed by atoms with Crippen LogP contribution in [-0.2, 0) is 0 Å². The van der Waals surface area contributed by atoms with Gasteiger partial charge in [-0.1, -0.05) is 59.7 Å². The minimum absolute atomic E-state index is 0.0732. The number of nitrogens with two attached hydrogens (primary N) is 1. The Balaban J connectivity index is 0.000000162. The Morgan fingerprint density at radius 1 is 0.538 bits per heavy atom. The van der Waals surface area contributed by atoms with Crippen LogP contribution >= 0.6 is 0 Å². The molecule has 0 aliphatic heterocycles. The zero-order chi connectivity index (χ0) is 36.7. The summed E-state index contributed by atoms with van der Waals surface area (Å²) in [6, 6.07) is 39.5. The highest BCUT2D eigenvalue weighted by atomic mass is 16.6. The van der Waals surface area contributed by atoms with Gasteiger partial charge in [0.1, 0.15) is 11.6 Å². The minimum atomic E-state index is -0.388. The molecular formula is C44H40N6O2. The van der Waals surface area contributed by atoms with Gasteiger partial charge in [0.05, 0.1) is 38.4 Å². The molecule has 258 valence electrons. The van der Waals surface area contributed by atoms with E-state index in [2.05, 4.69) is 99.2 Å². The fraction of sp³-hybridized carbons (Fsp3) is 0.136. The fourth-order valence-corrected chi connectivity index (χ4v) is 7.31. The Labute approximate surface area is 303 Å². The second-order valence-electron chi connectivity index (χ2n) is 13.4. The number of nitrogen functional groups attached to an aromatic ring is 1. The number of nitrogens with zero attached hydrogens (tertiary/aromatic N) is 5. The Morgan fingerprint density at radius 2 is 0.904 bits per heavy atom. The van der Waals surface area contributed by atoms with Crippen LogP contribution in [0.15, 0.2) is 121 Å². The smallest absolute Gasteiger partial charge is 0.269 e. The number of anilines is 1. The summed E-state index contributed by atoms with van der Waals surface area (Å²) in [4.78, 5) is 20.3. The minimum Gasteiger partial charge on any atom is -0.399 e. The van der Waals surface area contributed by atoms with Crippen molar-refractivity contribution in [2.24, 2.45) is 0 Å². The highest BCUT2D eigenvalue weighted by molar-refractivity contribution is 5.85. The highest BCUT2D eigenvalue weighted by Crippen LogP contribution is 2.34. The number of nitro benzene ring substituents is 1. The highest BCUT2D eigenvalue weighted by Gasteiger charge is 2.19. The number of nitro groups is 1. The number of hydrogen-bond donors (Lipinski definition) is 1. The van der Waals surface area contributed by atoms with Gasteiger partial charge in [-0.2, -0.15) is 0 Å². The van der Waals surface area contributed by atoms with Gasteiger partial charge in [-0.25, -0.2) is 9.97 Å². The van der Waals surface area contributed by atoms with E-state index in [4.69, 9.17) is 15.7 Å². The molecule has 0 saturated heterocycles. The van der Waals surface area contributed by atoms with Crippen LogP contribution in [-0.4, -0.2) is 24.0 Å². The second-order valence-corrected chi connectivity index (χ2v) is 13.4. The molecule has 0 bridgehead atoms. The summed E-state index contributed by atoms with van der Waals surface area (Å²) in [5.41, 5.74) is 22.2. The van der Waals surface area contributed by atoms with Crippen LogP contribution in [0.4, 0.5) is 11.4 Å². The number of aromatic nitrogens is 4. The first-order chi connectivity index (χ1) is 25.0. The van der Waals surface area contributed by atoms with Crippen LogP contribution in [0.25, 0.3) is 56.2 Å². The van der Waals surface area contributed by atoms with Crippen LogP contribution < -0.4 is 5.73 Å². The maximum Gasteiger partial charge on any atom is 0.269 e. The maximum atomic E-state index is 11.0. The molecular weight excluding hydrogens is 645 g/mol. The summed E-state index contributed by atoms with van der Waals surface area (Å²) in [6.45, 7) is 12.8. The molecule has 0 fully saturated rings. The van der Waals surface area contributed by atoms with Crippen molar-refractivity contribution in [3.63, 3.8) is 0 Å². The number of imidazole rings is 2. The summed E-state index contributed by atoms with van der Waals surface area (Å²) in [7, 11) is 0. The number of non-ortho nitro benzene ring substituents is 1. The zero-order valence-electron chi connectivity index (χ0n) is 30.2. The molecule has 8 heteroatoms. The summed E-state index contributed by atoms with van der Waals surface area (Å²) in [5.74, 6) is 1.72. The van der Waals surface area contributed by atoms with E-state index in [1.807, 2.05) is 48.5 Å². The van der Waals surface area contributed by atoms with Crippen LogP contribution in [0.2, 0.25) is 0 Å². The van der Waals surface area contributed by atoms with E-state index in [0.29, 0.717) is 0 Å². The summed E-state index contributed by atoms with van der Waals surface area (Å²) >= 11 is 0. The zero-order valence-corrected chi connectivity index (χ0v) is 30.2. The van der Waals surface area contributed by atoms with Crippen LogP contribution in [0.5, 0.6) is 0 Å². The number of fused-ring (bicyclic) bond motifs is 2. The van der Waals surface area contributed by atoms with E-state index < -0.39 is 0 Å². The molecule has 0 aliphatic rings. The molecule has 52 heavy (non-hydrogen) atoms. The Morgan fingerprint density at radius 3 is 1.29 bits per heavy atom. The van der Waals surface area contributed by atoms with Crippen molar-refractivity contribution in [2.75, 3.05) is 5.73 Å². The van der Waals surface area contributed by atoms with E-state index in [9.17, 15) is 10.1 Å². The molecule has 0 unspecified atom stereocenters. The monoisotopic (exact) mass is 684 g/mol. The molecule has 0 aliphatic carbocycles. The third kappa shape index (κ3) is 6.31. The van der Waals surface area contributed by atoms with Gasteiger partial charge in [-0.05, 0) is 124 Å². The molecule has 0 radical (unpaired) electrons. The first kappa shape index (κ1) is 33.9. The molecule has 2 heterocycles. The summed E-state index contributed by atoms with van der Waals surface area (Å²) in [5, 5.41) is 11.0. The van der Waals surface area contributed by atoms with E-state index in [1.165, 1.54) is 51.2 Å². The second kappa shape index (κ2) is 13.6. The number of rotatable bonds is 5. The summed E-state index contributed by atoms with van der Waals surface area (Å²) < 4.78 is 4.42. The van der Waals surface area contributed by atoms with Crippen LogP contribution in [0.3, 0.4) is 0 Å². The van der Waals surface area contributed by atoms with Gasteiger partial charge in [0.15, 0.2) is 0 Å². The Kier molecular flexibility index (Phi) is 8.90. The van der Waals surface area contributed by atoms with E-state index in [-0.39, 0.29) is 10.6 Å². The normalized spacial score (nSPS) is 11.1. The van der Waals surface area contributed by atoms with Crippen molar-refractivity contribution in [3.05, 3.63) is 165 Å². The molecule has 0 spiro atoms. The molecule has 8 aromatic rings. The lowest BCUT2D eigenvalue weighted by atomic mass is 10.0. The average molecular weight is 685 g/mol. The van der Waals surface area contributed by atoms with Crippen molar-refractivity contribution >= 4 is 33.4 Å².